The lowest BCUT2D eigenvalue weighted by Gasteiger charge is -2.29. The minimum absolute atomic E-state index is 0.0440. The molecule has 0 saturated carbocycles. The molecule has 104 valence electrons. The zero-order valence-corrected chi connectivity index (χ0v) is 11.7. The second-order valence-electron chi connectivity index (χ2n) is 5.29. The largest absolute Gasteiger partial charge is 0.347 e. The first-order valence-electron chi connectivity index (χ1n) is 7.15. The Balaban J connectivity index is 1.90. The lowest BCUT2D eigenvalue weighted by molar-refractivity contribution is -0.124. The first kappa shape index (κ1) is 14.0. The van der Waals surface area contributed by atoms with Crippen molar-refractivity contribution >= 4 is 5.91 Å². The minimum Gasteiger partial charge on any atom is -0.347 e. The van der Waals surface area contributed by atoms with E-state index >= 15 is 0 Å². The molecule has 2 unspecified atom stereocenters. The Morgan fingerprint density at radius 3 is 3.11 bits per heavy atom. The average Bonchev–Trinajstić information content (AvgIpc) is 2.48. The first-order chi connectivity index (χ1) is 9.20. The van der Waals surface area contributed by atoms with E-state index in [1.807, 2.05) is 25.1 Å². The van der Waals surface area contributed by atoms with Crippen LogP contribution in [-0.4, -0.2) is 23.5 Å². The van der Waals surface area contributed by atoms with E-state index in [-0.39, 0.29) is 18.0 Å². The lowest BCUT2D eigenvalue weighted by Crippen LogP contribution is -2.49. The summed E-state index contributed by atoms with van der Waals surface area (Å²) in [6.07, 6.45) is 5.03. The van der Waals surface area contributed by atoms with Gasteiger partial charge in [0.05, 0.1) is 17.8 Å². The van der Waals surface area contributed by atoms with E-state index in [9.17, 15) is 4.79 Å². The highest BCUT2D eigenvalue weighted by Crippen LogP contribution is 2.20. The van der Waals surface area contributed by atoms with Crippen LogP contribution in [0.2, 0.25) is 0 Å². The summed E-state index contributed by atoms with van der Waals surface area (Å²) in [6, 6.07) is 5.67. The molecule has 2 heterocycles. The fraction of sp³-hybridized carbons (Fsp3) is 0.600. The molecule has 1 aromatic heterocycles. The Hall–Kier alpha value is -1.42. The standard InChI is InChI=1S/C15H23N3O/c1-3-12-7-9-17-14(10-12)15(19)18-11(2)13-6-4-5-8-16-13/h4-6,8,11-12,14,17H,3,7,9-10H2,1-2H3,(H,18,19)/t11-,12?,14?/m1/s1. The van der Waals surface area contributed by atoms with E-state index in [4.69, 9.17) is 0 Å². The van der Waals surface area contributed by atoms with Gasteiger partial charge in [0.1, 0.15) is 0 Å². The van der Waals surface area contributed by atoms with Crippen LogP contribution in [-0.2, 0) is 4.79 Å². The monoisotopic (exact) mass is 261 g/mol. The summed E-state index contributed by atoms with van der Waals surface area (Å²) in [5.41, 5.74) is 0.902. The second-order valence-corrected chi connectivity index (χ2v) is 5.29. The minimum atomic E-state index is -0.0511. The third kappa shape index (κ3) is 3.77. The van der Waals surface area contributed by atoms with Crippen molar-refractivity contribution in [2.45, 2.75) is 45.2 Å². The summed E-state index contributed by atoms with van der Waals surface area (Å²) in [5.74, 6) is 0.762. The quantitative estimate of drug-likeness (QED) is 0.872. The van der Waals surface area contributed by atoms with Gasteiger partial charge in [-0.2, -0.15) is 0 Å². The number of aromatic nitrogens is 1. The molecule has 2 rings (SSSR count). The molecule has 0 aliphatic carbocycles. The van der Waals surface area contributed by atoms with Crippen molar-refractivity contribution < 1.29 is 4.79 Å². The van der Waals surface area contributed by atoms with E-state index in [0.717, 1.165) is 25.1 Å². The van der Waals surface area contributed by atoms with Crippen molar-refractivity contribution in [3.63, 3.8) is 0 Å². The summed E-state index contributed by atoms with van der Waals surface area (Å²) in [7, 11) is 0. The molecule has 1 aromatic rings. The number of pyridine rings is 1. The van der Waals surface area contributed by atoms with Gasteiger partial charge >= 0.3 is 0 Å². The maximum absolute atomic E-state index is 12.2. The van der Waals surface area contributed by atoms with E-state index in [2.05, 4.69) is 22.5 Å². The Labute approximate surface area is 115 Å². The normalized spacial score (nSPS) is 24.7. The van der Waals surface area contributed by atoms with Crippen molar-refractivity contribution in [3.05, 3.63) is 30.1 Å². The third-order valence-electron chi connectivity index (χ3n) is 3.90. The van der Waals surface area contributed by atoms with Gasteiger partial charge in [-0.25, -0.2) is 0 Å². The Bertz CT molecular complexity index is 407. The molecule has 1 aliphatic rings. The number of piperidine rings is 1. The number of nitrogens with one attached hydrogen (secondary N) is 2. The molecule has 4 heteroatoms. The van der Waals surface area contributed by atoms with E-state index in [0.29, 0.717) is 5.92 Å². The smallest absolute Gasteiger partial charge is 0.237 e. The average molecular weight is 261 g/mol. The molecule has 1 aliphatic heterocycles. The van der Waals surface area contributed by atoms with Gasteiger partial charge in [-0.3, -0.25) is 9.78 Å². The number of carbonyl (C=O) groups excluding carboxylic acids is 1. The fourth-order valence-corrected chi connectivity index (χ4v) is 2.59. The molecule has 3 atom stereocenters. The van der Waals surface area contributed by atoms with Crippen molar-refractivity contribution in [2.75, 3.05) is 6.54 Å². The summed E-state index contributed by atoms with van der Waals surface area (Å²) in [6.45, 7) is 5.11. The first-order valence-corrected chi connectivity index (χ1v) is 7.15. The molecule has 2 N–H and O–H groups in total. The number of hydrogen-bond acceptors (Lipinski definition) is 3. The number of amides is 1. The maximum Gasteiger partial charge on any atom is 0.237 e. The summed E-state index contributed by atoms with van der Waals surface area (Å²) in [4.78, 5) is 16.5. The predicted octanol–water partition coefficient (Wildman–Crippen LogP) is 2.04. The van der Waals surface area contributed by atoms with Crippen LogP contribution in [0.1, 0.15) is 44.8 Å². The van der Waals surface area contributed by atoms with Crippen molar-refractivity contribution in [1.29, 1.82) is 0 Å². The summed E-state index contributed by atoms with van der Waals surface area (Å²) < 4.78 is 0. The van der Waals surface area contributed by atoms with Gasteiger partial charge in [0.15, 0.2) is 0 Å². The molecule has 0 radical (unpaired) electrons. The predicted molar refractivity (Wildman–Crippen MR) is 75.6 cm³/mol. The van der Waals surface area contributed by atoms with Gasteiger partial charge < -0.3 is 10.6 Å². The van der Waals surface area contributed by atoms with Crippen molar-refractivity contribution in [1.82, 2.24) is 15.6 Å². The van der Waals surface area contributed by atoms with Gasteiger partial charge in [-0.1, -0.05) is 19.4 Å². The number of rotatable bonds is 4. The Morgan fingerprint density at radius 1 is 1.58 bits per heavy atom. The SMILES string of the molecule is CCC1CCNC(C(=O)N[C@H](C)c2ccccn2)C1. The molecule has 1 fully saturated rings. The molecule has 0 spiro atoms. The van der Waals surface area contributed by atoms with Crippen LogP contribution in [0.3, 0.4) is 0 Å². The maximum atomic E-state index is 12.2. The molecule has 0 bridgehead atoms. The van der Waals surface area contributed by atoms with Crippen molar-refractivity contribution in [3.8, 4) is 0 Å². The molecule has 19 heavy (non-hydrogen) atoms. The van der Waals surface area contributed by atoms with E-state index in [1.165, 1.54) is 6.42 Å². The van der Waals surface area contributed by atoms with Crippen LogP contribution in [0.4, 0.5) is 0 Å². The zero-order valence-electron chi connectivity index (χ0n) is 11.7. The van der Waals surface area contributed by atoms with Gasteiger partial charge in [0.2, 0.25) is 5.91 Å². The van der Waals surface area contributed by atoms with Crippen molar-refractivity contribution in [2.24, 2.45) is 5.92 Å². The second kappa shape index (κ2) is 6.66. The summed E-state index contributed by atoms with van der Waals surface area (Å²) >= 11 is 0. The van der Waals surface area contributed by atoms with Crippen LogP contribution in [0, 0.1) is 5.92 Å². The van der Waals surface area contributed by atoms with E-state index in [1.54, 1.807) is 6.20 Å². The summed E-state index contributed by atoms with van der Waals surface area (Å²) in [5, 5.41) is 6.35. The van der Waals surface area contributed by atoms with Crippen LogP contribution in [0.5, 0.6) is 0 Å². The molecule has 0 aromatic carbocycles. The van der Waals surface area contributed by atoms with Gasteiger partial charge in [0.25, 0.3) is 0 Å². The van der Waals surface area contributed by atoms with Crippen LogP contribution < -0.4 is 10.6 Å². The number of nitrogens with zero attached hydrogens (tertiary/aromatic N) is 1. The zero-order chi connectivity index (χ0) is 13.7. The number of hydrogen-bond donors (Lipinski definition) is 2. The molecule has 1 saturated heterocycles. The van der Waals surface area contributed by atoms with Gasteiger partial charge in [0, 0.05) is 6.20 Å². The fourth-order valence-electron chi connectivity index (χ4n) is 2.59. The van der Waals surface area contributed by atoms with Gasteiger partial charge in [-0.05, 0) is 44.4 Å². The number of carbonyl (C=O) groups is 1. The highest BCUT2D eigenvalue weighted by molar-refractivity contribution is 5.82. The highest BCUT2D eigenvalue weighted by atomic mass is 16.2. The van der Waals surface area contributed by atoms with Gasteiger partial charge in [-0.15, -0.1) is 0 Å². The molecular weight excluding hydrogens is 238 g/mol. The third-order valence-corrected chi connectivity index (χ3v) is 3.90. The Kier molecular flexibility index (Phi) is 4.91. The van der Waals surface area contributed by atoms with Crippen LogP contribution >= 0.6 is 0 Å². The lowest BCUT2D eigenvalue weighted by atomic mass is 9.90. The van der Waals surface area contributed by atoms with E-state index < -0.39 is 0 Å². The molecular formula is C15H23N3O. The van der Waals surface area contributed by atoms with Crippen LogP contribution in [0.25, 0.3) is 0 Å². The topological polar surface area (TPSA) is 54.0 Å². The Morgan fingerprint density at radius 2 is 2.42 bits per heavy atom. The molecule has 4 nitrogen and oxygen atoms in total. The van der Waals surface area contributed by atoms with Crippen LogP contribution in [0.15, 0.2) is 24.4 Å². The molecule has 1 amide bonds. The highest BCUT2D eigenvalue weighted by Gasteiger charge is 2.26.